The lowest BCUT2D eigenvalue weighted by molar-refractivity contribution is 0.870. The smallest absolute Gasteiger partial charge is 0.142 e. The van der Waals surface area contributed by atoms with Crippen LogP contribution >= 0.6 is 61.2 Å². The van der Waals surface area contributed by atoms with Gasteiger partial charge in [0.1, 0.15) is 5.01 Å². The lowest BCUT2D eigenvalue weighted by atomic mass is 10.4. The molecule has 0 aromatic carbocycles. The molecule has 0 amide bonds. The number of halogens is 2. The summed E-state index contributed by atoms with van der Waals surface area (Å²) in [5.41, 5.74) is 0. The highest BCUT2D eigenvalue weighted by molar-refractivity contribution is 14.1. The van der Waals surface area contributed by atoms with E-state index in [-0.39, 0.29) is 0 Å². The lowest BCUT2D eigenvalue weighted by Gasteiger charge is -1.97. The molecule has 2 aromatic rings. The van der Waals surface area contributed by atoms with Crippen LogP contribution in [-0.2, 0) is 0 Å². The van der Waals surface area contributed by atoms with Gasteiger partial charge in [-0.15, -0.1) is 21.5 Å². The Morgan fingerprint density at radius 1 is 1.53 bits per heavy atom. The Balaban J connectivity index is 2.32. The Morgan fingerprint density at radius 3 is 2.93 bits per heavy atom. The fourth-order valence-electron chi connectivity index (χ4n) is 1.07. The molecule has 0 aliphatic rings. The normalized spacial score (nSPS) is 13.0. The van der Waals surface area contributed by atoms with Crippen molar-refractivity contribution in [1.29, 1.82) is 0 Å². The van der Waals surface area contributed by atoms with Gasteiger partial charge in [-0.2, -0.15) is 0 Å². The molecule has 0 aliphatic heterocycles. The van der Waals surface area contributed by atoms with Crippen molar-refractivity contribution in [3.8, 4) is 9.88 Å². The summed E-state index contributed by atoms with van der Waals surface area (Å²) in [6, 6.07) is 2.10. The Morgan fingerprint density at radius 2 is 2.33 bits per heavy atom. The number of hydrogen-bond donors (Lipinski definition) is 0. The van der Waals surface area contributed by atoms with E-state index in [0.717, 1.165) is 16.4 Å². The first kappa shape index (κ1) is 11.9. The van der Waals surface area contributed by atoms with Crippen molar-refractivity contribution in [3.63, 3.8) is 0 Å². The predicted molar refractivity (Wildman–Crippen MR) is 77.9 cm³/mol. The monoisotopic (exact) mass is 414 g/mol. The van der Waals surface area contributed by atoms with Gasteiger partial charge in [-0.25, -0.2) is 0 Å². The SMILES string of the molecule is CCC(Br)c1nnc(-c2sccc2I)s1. The fourth-order valence-corrected chi connectivity index (χ4v) is 4.48. The second-order valence-corrected chi connectivity index (χ2v) is 7.11. The standard InChI is InChI=1S/C9H8BrIN2S2/c1-2-5(10)8-12-13-9(15-8)7-6(11)3-4-14-7/h3-5H,2H2,1H3. The van der Waals surface area contributed by atoms with Gasteiger partial charge in [-0.3, -0.25) is 0 Å². The third-order valence-corrected chi connectivity index (χ3v) is 6.63. The molecule has 2 heterocycles. The Kier molecular flexibility index (Phi) is 4.14. The largest absolute Gasteiger partial charge is 0.158 e. The fraction of sp³-hybridized carbons (Fsp3) is 0.333. The van der Waals surface area contributed by atoms with Crippen LogP contribution in [0.1, 0.15) is 23.2 Å². The van der Waals surface area contributed by atoms with Crippen LogP contribution in [0.4, 0.5) is 0 Å². The molecule has 0 bridgehead atoms. The summed E-state index contributed by atoms with van der Waals surface area (Å²) in [5.74, 6) is 0. The van der Waals surface area contributed by atoms with Crippen LogP contribution < -0.4 is 0 Å². The second kappa shape index (κ2) is 5.20. The molecule has 0 saturated carbocycles. The molecule has 0 saturated heterocycles. The minimum Gasteiger partial charge on any atom is -0.142 e. The number of alkyl halides is 1. The van der Waals surface area contributed by atoms with E-state index in [2.05, 4.69) is 67.1 Å². The highest BCUT2D eigenvalue weighted by Crippen LogP contribution is 2.36. The lowest BCUT2D eigenvalue weighted by Crippen LogP contribution is -1.84. The number of aromatic nitrogens is 2. The molecular weight excluding hydrogens is 407 g/mol. The maximum Gasteiger partial charge on any atom is 0.158 e. The highest BCUT2D eigenvalue weighted by atomic mass is 127. The molecule has 0 fully saturated rings. The number of thiophene rings is 1. The quantitative estimate of drug-likeness (QED) is 0.536. The van der Waals surface area contributed by atoms with E-state index < -0.39 is 0 Å². The Labute approximate surface area is 118 Å². The zero-order valence-corrected chi connectivity index (χ0v) is 13.3. The maximum atomic E-state index is 4.23. The number of rotatable bonds is 3. The topological polar surface area (TPSA) is 25.8 Å². The molecule has 0 radical (unpaired) electrons. The van der Waals surface area contributed by atoms with Crippen LogP contribution in [0.5, 0.6) is 0 Å². The summed E-state index contributed by atoms with van der Waals surface area (Å²) in [6.45, 7) is 2.13. The molecule has 2 nitrogen and oxygen atoms in total. The van der Waals surface area contributed by atoms with Crippen molar-refractivity contribution >= 4 is 61.2 Å². The molecule has 15 heavy (non-hydrogen) atoms. The minimum absolute atomic E-state index is 0.335. The van der Waals surface area contributed by atoms with E-state index in [4.69, 9.17) is 0 Å². The van der Waals surface area contributed by atoms with E-state index >= 15 is 0 Å². The van der Waals surface area contributed by atoms with Gasteiger partial charge in [0, 0.05) is 3.57 Å². The van der Waals surface area contributed by atoms with Crippen molar-refractivity contribution in [2.75, 3.05) is 0 Å². The molecule has 1 unspecified atom stereocenters. The van der Waals surface area contributed by atoms with Gasteiger partial charge < -0.3 is 0 Å². The second-order valence-electron chi connectivity index (χ2n) is 2.92. The zero-order valence-electron chi connectivity index (χ0n) is 7.91. The average Bonchev–Trinajstić information content (AvgIpc) is 2.84. The van der Waals surface area contributed by atoms with Crippen molar-refractivity contribution in [2.24, 2.45) is 0 Å². The first-order valence-corrected chi connectivity index (χ1v) is 8.12. The molecule has 1 atom stereocenters. The first-order valence-electron chi connectivity index (χ1n) is 4.43. The summed E-state index contributed by atoms with van der Waals surface area (Å²) < 4.78 is 1.25. The van der Waals surface area contributed by atoms with Gasteiger partial charge in [0.2, 0.25) is 0 Å². The predicted octanol–water partition coefficient (Wildman–Crippen LogP) is 4.72. The van der Waals surface area contributed by atoms with Crippen molar-refractivity contribution < 1.29 is 0 Å². The molecule has 0 N–H and O–H groups in total. The van der Waals surface area contributed by atoms with E-state index in [1.807, 2.05) is 0 Å². The highest BCUT2D eigenvalue weighted by Gasteiger charge is 2.14. The minimum atomic E-state index is 0.335. The zero-order chi connectivity index (χ0) is 10.8. The molecule has 0 spiro atoms. The van der Waals surface area contributed by atoms with Gasteiger partial charge in [-0.05, 0) is 40.5 Å². The van der Waals surface area contributed by atoms with Crippen LogP contribution in [0.15, 0.2) is 11.4 Å². The van der Waals surface area contributed by atoms with Gasteiger partial charge in [0.05, 0.1) is 9.70 Å². The van der Waals surface area contributed by atoms with Crippen LogP contribution in [0.3, 0.4) is 0 Å². The number of hydrogen-bond acceptors (Lipinski definition) is 4. The molecule has 2 aromatic heterocycles. The summed E-state index contributed by atoms with van der Waals surface area (Å²) in [4.78, 5) is 1.57. The van der Waals surface area contributed by atoms with Gasteiger partial charge in [0.25, 0.3) is 0 Å². The Bertz CT molecular complexity index is 454. The van der Waals surface area contributed by atoms with Crippen molar-refractivity contribution in [1.82, 2.24) is 10.2 Å². The summed E-state index contributed by atoms with van der Waals surface area (Å²) >= 11 is 9.32. The Hall–Kier alpha value is 0.470. The molecule has 2 rings (SSSR count). The van der Waals surface area contributed by atoms with Crippen LogP contribution in [-0.4, -0.2) is 10.2 Å². The van der Waals surface area contributed by atoms with Crippen LogP contribution in [0.2, 0.25) is 0 Å². The average molecular weight is 415 g/mol. The van der Waals surface area contributed by atoms with Crippen molar-refractivity contribution in [3.05, 3.63) is 20.0 Å². The third kappa shape index (κ3) is 2.59. The maximum absolute atomic E-state index is 4.23. The van der Waals surface area contributed by atoms with Crippen LogP contribution in [0.25, 0.3) is 9.88 Å². The first-order chi connectivity index (χ1) is 7.22. The summed E-state index contributed by atoms with van der Waals surface area (Å²) in [6.07, 6.45) is 1.04. The van der Waals surface area contributed by atoms with E-state index in [1.165, 1.54) is 8.45 Å². The van der Waals surface area contributed by atoms with Gasteiger partial charge >= 0.3 is 0 Å². The summed E-state index contributed by atoms with van der Waals surface area (Å²) in [7, 11) is 0. The van der Waals surface area contributed by atoms with E-state index in [9.17, 15) is 0 Å². The molecule has 80 valence electrons. The van der Waals surface area contributed by atoms with Crippen LogP contribution in [0, 0.1) is 3.57 Å². The van der Waals surface area contributed by atoms with E-state index in [1.54, 1.807) is 22.7 Å². The molecule has 6 heteroatoms. The molecule has 0 aliphatic carbocycles. The van der Waals surface area contributed by atoms with Crippen molar-refractivity contribution in [2.45, 2.75) is 18.2 Å². The summed E-state index contributed by atoms with van der Waals surface area (Å²) in [5, 5.41) is 12.6. The molecular formula is C9H8BrIN2S2. The van der Waals surface area contributed by atoms with E-state index in [0.29, 0.717) is 4.83 Å². The van der Waals surface area contributed by atoms with Gasteiger partial charge in [-0.1, -0.05) is 34.2 Å². The third-order valence-electron chi connectivity index (χ3n) is 1.88. The number of nitrogens with zero attached hydrogens (tertiary/aromatic N) is 2. The van der Waals surface area contributed by atoms with Gasteiger partial charge in [0.15, 0.2) is 5.01 Å².